The summed E-state index contributed by atoms with van der Waals surface area (Å²) in [5.74, 6) is 1.93. The average Bonchev–Trinajstić information content (AvgIpc) is 3.40. The fourth-order valence-corrected chi connectivity index (χ4v) is 10.0. The first kappa shape index (κ1) is 29.1. The van der Waals surface area contributed by atoms with Gasteiger partial charge >= 0.3 is 6.03 Å². The second-order valence-corrected chi connectivity index (χ2v) is 15.0. The van der Waals surface area contributed by atoms with Crippen LogP contribution < -0.4 is 21.4 Å². The highest BCUT2D eigenvalue weighted by Crippen LogP contribution is 2.39. The summed E-state index contributed by atoms with van der Waals surface area (Å²) in [6.45, 7) is 3.74. The molecule has 0 aromatic carbocycles. The second-order valence-electron chi connectivity index (χ2n) is 12.7. The first-order valence-electron chi connectivity index (χ1n) is 15.6. The normalized spacial score (nSPS) is 33.8. The summed E-state index contributed by atoms with van der Waals surface area (Å²) in [5, 5.41) is 10.7. The van der Waals surface area contributed by atoms with E-state index in [1.54, 1.807) is 11.4 Å². The maximum Gasteiger partial charge on any atom is 0.314 e. The van der Waals surface area contributed by atoms with Crippen LogP contribution in [-0.2, 0) is 14.8 Å². The largest absolute Gasteiger partial charge is 0.355 e. The lowest BCUT2D eigenvalue weighted by atomic mass is 9.75. The number of amides is 3. The zero-order valence-corrected chi connectivity index (χ0v) is 24.5. The third-order valence-electron chi connectivity index (χ3n) is 10.5. The van der Waals surface area contributed by atoms with Crippen LogP contribution in [0.15, 0.2) is 0 Å². The molecule has 39 heavy (non-hydrogen) atoms. The van der Waals surface area contributed by atoms with E-state index in [4.69, 9.17) is 0 Å². The van der Waals surface area contributed by atoms with Crippen molar-refractivity contribution in [3.63, 3.8) is 0 Å². The van der Waals surface area contributed by atoms with Gasteiger partial charge in [0.2, 0.25) is 15.9 Å². The highest BCUT2D eigenvalue weighted by Gasteiger charge is 2.45. The standard InChI is InChI=1S/C28H50N6O4S/c1-29-28(36)32-23-7-9-24(10-8-23)39(37,38)33-14-11-21(12-15-33)22-13-16-34-26(17-22)25(19-31-34)27(35)30-18-20-5-3-2-4-6-20/h20-26,31H,2-19H2,1H3,(H,30,35)(H2,29,32,36). The molecule has 5 fully saturated rings. The first-order valence-corrected chi connectivity index (χ1v) is 17.1. The molecule has 4 N–H and O–H groups in total. The Morgan fingerprint density at radius 2 is 1.56 bits per heavy atom. The molecule has 3 unspecified atom stereocenters. The number of piperidine rings is 2. The molecule has 3 atom stereocenters. The molecule has 0 aromatic heterocycles. The van der Waals surface area contributed by atoms with Crippen LogP contribution in [0.5, 0.6) is 0 Å². The van der Waals surface area contributed by atoms with E-state index in [2.05, 4.69) is 26.4 Å². The molecule has 0 spiro atoms. The molecule has 2 aliphatic carbocycles. The first-order chi connectivity index (χ1) is 18.8. The molecule has 11 heteroatoms. The molecule has 10 nitrogen and oxygen atoms in total. The van der Waals surface area contributed by atoms with E-state index in [9.17, 15) is 18.0 Å². The molecule has 5 rings (SSSR count). The van der Waals surface area contributed by atoms with Crippen LogP contribution in [-0.4, -0.2) is 86.8 Å². The lowest BCUT2D eigenvalue weighted by Gasteiger charge is -2.42. The minimum absolute atomic E-state index is 0.00451. The van der Waals surface area contributed by atoms with Gasteiger partial charge in [0, 0.05) is 51.9 Å². The third-order valence-corrected chi connectivity index (χ3v) is 12.9. The Labute approximate surface area is 234 Å². The highest BCUT2D eigenvalue weighted by atomic mass is 32.2. The summed E-state index contributed by atoms with van der Waals surface area (Å²) in [7, 11) is -1.72. The summed E-state index contributed by atoms with van der Waals surface area (Å²) >= 11 is 0. The summed E-state index contributed by atoms with van der Waals surface area (Å²) in [6, 6.07) is 0.0979. The predicted octanol–water partition coefficient (Wildman–Crippen LogP) is 2.18. The Kier molecular flexibility index (Phi) is 9.72. The molecule has 3 saturated heterocycles. The van der Waals surface area contributed by atoms with Crippen molar-refractivity contribution in [3.05, 3.63) is 0 Å². The molecule has 3 amide bonds. The van der Waals surface area contributed by atoms with Gasteiger partial charge in [0.15, 0.2) is 0 Å². The molecule has 222 valence electrons. The second kappa shape index (κ2) is 13.0. The minimum Gasteiger partial charge on any atom is -0.355 e. The van der Waals surface area contributed by atoms with Crippen LogP contribution in [0.4, 0.5) is 4.79 Å². The van der Waals surface area contributed by atoms with Crippen molar-refractivity contribution in [2.24, 2.45) is 23.7 Å². The van der Waals surface area contributed by atoms with E-state index in [0.29, 0.717) is 56.5 Å². The smallest absolute Gasteiger partial charge is 0.314 e. The van der Waals surface area contributed by atoms with Gasteiger partial charge in [-0.3, -0.25) is 10.2 Å². The van der Waals surface area contributed by atoms with E-state index < -0.39 is 10.0 Å². The van der Waals surface area contributed by atoms with E-state index in [1.165, 1.54) is 32.1 Å². The van der Waals surface area contributed by atoms with Gasteiger partial charge in [-0.2, -0.15) is 0 Å². The molecule has 0 aromatic rings. The Hall–Kier alpha value is -1.43. The molecular formula is C28H50N6O4S. The van der Waals surface area contributed by atoms with Crippen molar-refractivity contribution in [2.45, 2.75) is 101 Å². The van der Waals surface area contributed by atoms with Crippen LogP contribution in [0, 0.1) is 23.7 Å². The van der Waals surface area contributed by atoms with Crippen LogP contribution in [0.1, 0.15) is 83.5 Å². The van der Waals surface area contributed by atoms with Crippen molar-refractivity contribution in [1.29, 1.82) is 0 Å². The maximum absolute atomic E-state index is 13.4. The minimum atomic E-state index is -3.31. The monoisotopic (exact) mass is 566 g/mol. The number of rotatable bonds is 7. The topological polar surface area (TPSA) is 123 Å². The molecule has 0 bridgehead atoms. The Balaban J connectivity index is 1.08. The van der Waals surface area contributed by atoms with Crippen molar-refractivity contribution >= 4 is 22.0 Å². The average molecular weight is 567 g/mol. The molecule has 2 saturated carbocycles. The van der Waals surface area contributed by atoms with Crippen molar-refractivity contribution in [3.8, 4) is 0 Å². The fraction of sp³-hybridized carbons (Fsp3) is 0.929. The Morgan fingerprint density at radius 3 is 2.26 bits per heavy atom. The van der Waals surface area contributed by atoms with Crippen LogP contribution >= 0.6 is 0 Å². The number of urea groups is 1. The van der Waals surface area contributed by atoms with E-state index >= 15 is 0 Å². The third kappa shape index (κ3) is 6.90. The number of fused-ring (bicyclic) bond motifs is 1. The van der Waals surface area contributed by atoms with Crippen LogP contribution in [0.3, 0.4) is 0 Å². The number of carbonyl (C=O) groups is 2. The zero-order chi connectivity index (χ0) is 27.4. The number of nitrogens with zero attached hydrogens (tertiary/aromatic N) is 2. The van der Waals surface area contributed by atoms with Gasteiger partial charge in [0.1, 0.15) is 0 Å². The number of carbonyl (C=O) groups excluding carboxylic acids is 2. The Morgan fingerprint density at radius 1 is 0.872 bits per heavy atom. The van der Waals surface area contributed by atoms with Gasteiger partial charge in [-0.1, -0.05) is 19.3 Å². The van der Waals surface area contributed by atoms with E-state index in [-0.39, 0.29) is 35.2 Å². The molecular weight excluding hydrogens is 516 g/mol. The number of nitrogens with one attached hydrogen (secondary N) is 4. The summed E-state index contributed by atoms with van der Waals surface area (Å²) in [5.41, 5.74) is 3.49. The van der Waals surface area contributed by atoms with Crippen molar-refractivity contribution in [1.82, 2.24) is 30.7 Å². The molecule has 3 heterocycles. The number of sulfonamides is 1. The fourth-order valence-electron chi connectivity index (χ4n) is 7.99. The number of hydrogen-bond donors (Lipinski definition) is 4. The SMILES string of the molecule is CNC(=O)NC1CCC(S(=O)(=O)N2CCC(C3CCN4NCC(C(=O)NCC5CCCCC5)C4C3)CC2)CC1. The van der Waals surface area contributed by atoms with E-state index in [1.807, 2.05) is 0 Å². The highest BCUT2D eigenvalue weighted by molar-refractivity contribution is 7.89. The van der Waals surface area contributed by atoms with Gasteiger partial charge in [-0.15, -0.1) is 0 Å². The molecule has 5 aliphatic rings. The van der Waals surface area contributed by atoms with Gasteiger partial charge < -0.3 is 16.0 Å². The van der Waals surface area contributed by atoms with Gasteiger partial charge in [-0.05, 0) is 82.0 Å². The summed E-state index contributed by atoms with van der Waals surface area (Å²) < 4.78 is 28.6. The van der Waals surface area contributed by atoms with Crippen LogP contribution in [0.2, 0.25) is 0 Å². The number of hydrogen-bond acceptors (Lipinski definition) is 6. The molecule has 3 aliphatic heterocycles. The summed E-state index contributed by atoms with van der Waals surface area (Å²) in [6.07, 6.45) is 13.0. The Bertz CT molecular complexity index is 942. The van der Waals surface area contributed by atoms with Crippen molar-refractivity contribution < 1.29 is 18.0 Å². The lowest BCUT2D eigenvalue weighted by Crippen LogP contribution is -2.50. The van der Waals surface area contributed by atoms with Crippen LogP contribution in [0.25, 0.3) is 0 Å². The number of hydrazine groups is 1. The quantitative estimate of drug-likeness (QED) is 0.375. The van der Waals surface area contributed by atoms with Gasteiger partial charge in [0.25, 0.3) is 0 Å². The van der Waals surface area contributed by atoms with Crippen molar-refractivity contribution in [2.75, 3.05) is 39.8 Å². The lowest BCUT2D eigenvalue weighted by molar-refractivity contribution is -0.126. The maximum atomic E-state index is 13.4. The zero-order valence-electron chi connectivity index (χ0n) is 23.7. The summed E-state index contributed by atoms with van der Waals surface area (Å²) in [4.78, 5) is 24.7. The van der Waals surface area contributed by atoms with Gasteiger partial charge in [0.05, 0.1) is 11.2 Å². The van der Waals surface area contributed by atoms with Gasteiger partial charge in [-0.25, -0.2) is 22.5 Å². The molecule has 0 radical (unpaired) electrons. The van der Waals surface area contributed by atoms with E-state index in [0.717, 1.165) is 45.3 Å². The predicted molar refractivity (Wildman–Crippen MR) is 151 cm³/mol.